The van der Waals surface area contributed by atoms with Gasteiger partial charge < -0.3 is 15.2 Å². The van der Waals surface area contributed by atoms with Crippen molar-refractivity contribution < 1.29 is 19.4 Å². The lowest BCUT2D eigenvalue weighted by molar-refractivity contribution is -0.118. The molecule has 0 radical (unpaired) electrons. The van der Waals surface area contributed by atoms with Gasteiger partial charge in [0.15, 0.2) is 11.5 Å². The highest BCUT2D eigenvalue weighted by Crippen LogP contribution is 2.25. The number of para-hydroxylation sites is 1. The molecule has 26 heavy (non-hydrogen) atoms. The molecule has 0 aliphatic heterocycles. The van der Waals surface area contributed by atoms with Crippen LogP contribution in [0.3, 0.4) is 0 Å². The number of nitrogens with zero attached hydrogens (tertiary/aromatic N) is 1. The second-order valence-electron chi connectivity index (χ2n) is 5.13. The van der Waals surface area contributed by atoms with Gasteiger partial charge in [0.25, 0.3) is 0 Å². The summed E-state index contributed by atoms with van der Waals surface area (Å²) in [6.07, 6.45) is 1.44. The smallest absolute Gasteiger partial charge is 0.250 e. The molecule has 2 aromatic rings. The van der Waals surface area contributed by atoms with E-state index in [1.807, 2.05) is 18.2 Å². The molecule has 0 saturated carbocycles. The van der Waals surface area contributed by atoms with Crippen LogP contribution in [0, 0.1) is 0 Å². The molecule has 0 saturated heterocycles. The van der Waals surface area contributed by atoms with Gasteiger partial charge in [0.2, 0.25) is 11.8 Å². The fourth-order valence-corrected chi connectivity index (χ4v) is 2.55. The molecule has 0 aliphatic carbocycles. The van der Waals surface area contributed by atoms with Crippen LogP contribution in [0.4, 0.5) is 5.69 Å². The van der Waals surface area contributed by atoms with Gasteiger partial charge in [0.1, 0.15) is 0 Å². The summed E-state index contributed by atoms with van der Waals surface area (Å²) in [4.78, 5) is 23.5. The van der Waals surface area contributed by atoms with Crippen molar-refractivity contribution in [3.63, 3.8) is 0 Å². The molecule has 7 nitrogen and oxygen atoms in total. The number of hydrogen-bond donors (Lipinski definition) is 3. The van der Waals surface area contributed by atoms with Gasteiger partial charge in [-0.15, -0.1) is 11.8 Å². The van der Waals surface area contributed by atoms with E-state index >= 15 is 0 Å². The van der Waals surface area contributed by atoms with E-state index in [9.17, 15) is 14.7 Å². The number of hydrogen-bond acceptors (Lipinski definition) is 6. The number of anilines is 1. The molecular formula is C18H19N3O4S. The van der Waals surface area contributed by atoms with Crippen molar-refractivity contribution in [2.45, 2.75) is 0 Å². The molecule has 0 aromatic heterocycles. The summed E-state index contributed by atoms with van der Waals surface area (Å²) in [6, 6.07) is 13.8. The number of rotatable bonds is 8. The van der Waals surface area contributed by atoms with Crippen LogP contribution in [0.15, 0.2) is 53.6 Å². The van der Waals surface area contributed by atoms with E-state index in [1.165, 1.54) is 31.2 Å². The maximum absolute atomic E-state index is 11.8. The van der Waals surface area contributed by atoms with Gasteiger partial charge in [0, 0.05) is 5.69 Å². The number of benzene rings is 2. The zero-order valence-electron chi connectivity index (χ0n) is 14.1. The maximum atomic E-state index is 11.8. The van der Waals surface area contributed by atoms with Gasteiger partial charge >= 0.3 is 0 Å². The number of methoxy groups -OCH3 is 1. The number of aromatic hydroxyl groups is 1. The van der Waals surface area contributed by atoms with Crippen LogP contribution in [0.1, 0.15) is 5.56 Å². The molecule has 8 heteroatoms. The Hall–Kier alpha value is -3.00. The normalized spacial score (nSPS) is 10.5. The minimum Gasteiger partial charge on any atom is -0.504 e. The highest BCUT2D eigenvalue weighted by atomic mass is 32.2. The number of nitrogens with one attached hydrogen (secondary N) is 2. The van der Waals surface area contributed by atoms with Crippen molar-refractivity contribution in [3.05, 3.63) is 54.1 Å². The zero-order chi connectivity index (χ0) is 18.8. The van der Waals surface area contributed by atoms with Crippen LogP contribution in [0.2, 0.25) is 0 Å². The largest absolute Gasteiger partial charge is 0.504 e. The van der Waals surface area contributed by atoms with E-state index < -0.39 is 0 Å². The Bertz CT molecular complexity index is 781. The molecular weight excluding hydrogens is 354 g/mol. The quantitative estimate of drug-likeness (QED) is 0.487. The van der Waals surface area contributed by atoms with E-state index in [1.54, 1.807) is 24.3 Å². The number of amides is 2. The van der Waals surface area contributed by atoms with Crippen molar-refractivity contribution in [1.29, 1.82) is 0 Å². The molecule has 0 heterocycles. The highest BCUT2D eigenvalue weighted by Gasteiger charge is 2.05. The Morgan fingerprint density at radius 1 is 1.15 bits per heavy atom. The van der Waals surface area contributed by atoms with Crippen LogP contribution in [0.25, 0.3) is 0 Å². The van der Waals surface area contributed by atoms with E-state index in [4.69, 9.17) is 4.74 Å². The Morgan fingerprint density at radius 3 is 2.62 bits per heavy atom. The summed E-state index contributed by atoms with van der Waals surface area (Å²) in [5, 5.41) is 16.1. The lowest BCUT2D eigenvalue weighted by Crippen LogP contribution is -2.21. The third-order valence-corrected chi connectivity index (χ3v) is 4.06. The number of hydrazone groups is 1. The number of ether oxygens (including phenoxy) is 1. The molecule has 0 unspecified atom stereocenters. The summed E-state index contributed by atoms with van der Waals surface area (Å²) in [6.45, 7) is 0. The lowest BCUT2D eigenvalue weighted by atomic mass is 10.2. The van der Waals surface area contributed by atoms with Crippen molar-refractivity contribution in [2.24, 2.45) is 5.10 Å². The van der Waals surface area contributed by atoms with E-state index in [0.29, 0.717) is 11.3 Å². The average molecular weight is 373 g/mol. The van der Waals surface area contributed by atoms with Gasteiger partial charge in [0.05, 0.1) is 24.8 Å². The fourth-order valence-electron chi connectivity index (χ4n) is 1.94. The Balaban J connectivity index is 1.69. The first kappa shape index (κ1) is 19.3. The first-order valence-electron chi connectivity index (χ1n) is 7.70. The minimum absolute atomic E-state index is 0.0267. The average Bonchev–Trinajstić information content (AvgIpc) is 2.64. The van der Waals surface area contributed by atoms with Crippen LogP contribution in [-0.4, -0.2) is 41.8 Å². The number of thioether (sulfide) groups is 1. The summed E-state index contributed by atoms with van der Waals surface area (Å²) in [5.74, 6) is 0.136. The first-order valence-corrected chi connectivity index (χ1v) is 8.85. The molecule has 0 bridgehead atoms. The molecule has 0 fully saturated rings. The Labute approximate surface area is 155 Å². The van der Waals surface area contributed by atoms with E-state index in [-0.39, 0.29) is 29.1 Å². The molecule has 2 aromatic carbocycles. The Morgan fingerprint density at radius 2 is 1.88 bits per heavy atom. The summed E-state index contributed by atoms with van der Waals surface area (Å²) >= 11 is 1.19. The summed E-state index contributed by atoms with van der Waals surface area (Å²) < 4.78 is 4.99. The van der Waals surface area contributed by atoms with Gasteiger partial charge in [-0.2, -0.15) is 5.10 Å². The number of carbonyl (C=O) groups is 2. The fraction of sp³-hybridized carbons (Fsp3) is 0.167. The number of phenolic OH excluding ortho intramolecular Hbond substituents is 1. The second kappa shape index (κ2) is 10.1. The van der Waals surface area contributed by atoms with Crippen molar-refractivity contribution in [1.82, 2.24) is 5.43 Å². The predicted octanol–water partition coefficient (Wildman–Crippen LogP) is 2.22. The van der Waals surface area contributed by atoms with Crippen molar-refractivity contribution >= 4 is 35.5 Å². The van der Waals surface area contributed by atoms with Gasteiger partial charge in [-0.3, -0.25) is 9.59 Å². The second-order valence-corrected chi connectivity index (χ2v) is 6.12. The Kier molecular flexibility index (Phi) is 7.50. The topological polar surface area (TPSA) is 100 Å². The highest BCUT2D eigenvalue weighted by molar-refractivity contribution is 8.00. The standard InChI is InChI=1S/C18H19N3O4S/c1-25-16-9-13(7-8-15(16)22)10-19-21-18(24)12-26-11-17(23)20-14-5-3-2-4-6-14/h2-10,22H,11-12H2,1H3,(H,20,23)(H,21,24). The molecule has 136 valence electrons. The van der Waals surface area contributed by atoms with Crippen LogP contribution in [0.5, 0.6) is 11.5 Å². The number of carbonyl (C=O) groups excluding carboxylic acids is 2. The van der Waals surface area contributed by atoms with E-state index in [0.717, 1.165) is 5.69 Å². The molecule has 0 atom stereocenters. The lowest BCUT2D eigenvalue weighted by Gasteiger charge is -2.05. The van der Waals surface area contributed by atoms with Gasteiger partial charge in [-0.25, -0.2) is 5.43 Å². The summed E-state index contributed by atoms with van der Waals surface area (Å²) in [5.41, 5.74) is 3.76. The molecule has 3 N–H and O–H groups in total. The van der Waals surface area contributed by atoms with Crippen molar-refractivity contribution in [2.75, 3.05) is 23.9 Å². The zero-order valence-corrected chi connectivity index (χ0v) is 15.0. The van der Waals surface area contributed by atoms with E-state index in [2.05, 4.69) is 15.8 Å². The molecule has 0 spiro atoms. The molecule has 2 rings (SSSR count). The predicted molar refractivity (Wildman–Crippen MR) is 103 cm³/mol. The van der Waals surface area contributed by atoms with Crippen LogP contribution >= 0.6 is 11.8 Å². The monoisotopic (exact) mass is 373 g/mol. The third kappa shape index (κ3) is 6.48. The maximum Gasteiger partial charge on any atom is 0.250 e. The summed E-state index contributed by atoms with van der Waals surface area (Å²) in [7, 11) is 1.45. The minimum atomic E-state index is -0.315. The SMILES string of the molecule is COc1cc(C=NNC(=O)CSCC(=O)Nc2ccccc2)ccc1O. The third-order valence-electron chi connectivity index (χ3n) is 3.13. The number of phenols is 1. The van der Waals surface area contributed by atoms with Crippen molar-refractivity contribution in [3.8, 4) is 11.5 Å². The van der Waals surface area contributed by atoms with Crippen LogP contribution in [-0.2, 0) is 9.59 Å². The van der Waals surface area contributed by atoms with Gasteiger partial charge in [-0.05, 0) is 35.9 Å². The first-order chi connectivity index (χ1) is 12.6. The molecule has 2 amide bonds. The molecule has 0 aliphatic rings. The van der Waals surface area contributed by atoms with Gasteiger partial charge in [-0.1, -0.05) is 18.2 Å². The van der Waals surface area contributed by atoms with Crippen LogP contribution < -0.4 is 15.5 Å².